The van der Waals surface area contributed by atoms with E-state index in [9.17, 15) is 18.0 Å². The van der Waals surface area contributed by atoms with Gasteiger partial charge < -0.3 is 10.3 Å². The molecule has 0 saturated carbocycles. The molecule has 0 atom stereocenters. The van der Waals surface area contributed by atoms with Crippen LogP contribution < -0.4 is 11.3 Å². The fourth-order valence-corrected chi connectivity index (χ4v) is 1.02. The van der Waals surface area contributed by atoms with Gasteiger partial charge in [-0.05, 0) is 5.56 Å². The number of hydrogen-bond acceptors (Lipinski definition) is 2. The van der Waals surface area contributed by atoms with E-state index in [2.05, 4.69) is 0 Å². The molecule has 2 N–H and O–H groups in total. The summed E-state index contributed by atoms with van der Waals surface area (Å²) in [5.74, 6) is 0. The molecule has 1 heterocycles. The van der Waals surface area contributed by atoms with Gasteiger partial charge in [-0.3, -0.25) is 4.79 Å². The number of rotatable bonds is 2. The molecule has 1 rings (SSSR count). The lowest BCUT2D eigenvalue weighted by atomic mass is 10.3. The van der Waals surface area contributed by atoms with Gasteiger partial charge in [0.1, 0.15) is 6.54 Å². The first-order valence-corrected chi connectivity index (χ1v) is 3.88. The van der Waals surface area contributed by atoms with Crippen molar-refractivity contribution in [3.05, 3.63) is 34.2 Å². The van der Waals surface area contributed by atoms with Crippen LogP contribution >= 0.6 is 0 Å². The maximum atomic E-state index is 12.0. The van der Waals surface area contributed by atoms with Gasteiger partial charge in [-0.1, -0.05) is 6.07 Å². The largest absolute Gasteiger partial charge is 0.406 e. The fraction of sp³-hybridized carbons (Fsp3) is 0.375. The van der Waals surface area contributed by atoms with E-state index in [0.29, 0.717) is 10.1 Å². The summed E-state index contributed by atoms with van der Waals surface area (Å²) in [5.41, 5.74) is 5.05. The van der Waals surface area contributed by atoms with E-state index in [1.54, 1.807) is 0 Å². The smallest absolute Gasteiger partial charge is 0.326 e. The zero-order chi connectivity index (χ0) is 10.8. The summed E-state index contributed by atoms with van der Waals surface area (Å²) in [7, 11) is 0. The third-order valence-corrected chi connectivity index (χ3v) is 1.63. The first-order chi connectivity index (χ1) is 6.42. The molecule has 0 aliphatic carbocycles. The van der Waals surface area contributed by atoms with E-state index >= 15 is 0 Å². The number of alkyl halides is 3. The topological polar surface area (TPSA) is 48.0 Å². The van der Waals surface area contributed by atoms with Gasteiger partial charge in [0.2, 0.25) is 0 Å². The normalized spacial score (nSPS) is 11.7. The van der Waals surface area contributed by atoms with Crippen LogP contribution in [-0.4, -0.2) is 10.7 Å². The molecule has 0 aliphatic heterocycles. The van der Waals surface area contributed by atoms with Crippen molar-refractivity contribution in [2.45, 2.75) is 19.3 Å². The molecule has 1 aromatic rings. The molecule has 0 radical (unpaired) electrons. The van der Waals surface area contributed by atoms with Crippen LogP contribution in [0.4, 0.5) is 13.2 Å². The number of nitrogens with two attached hydrogens (primary N) is 1. The molecule has 0 unspecified atom stereocenters. The number of halogens is 3. The molecule has 0 amide bonds. The molecule has 6 heteroatoms. The van der Waals surface area contributed by atoms with Crippen LogP contribution in [0.3, 0.4) is 0 Å². The standard InChI is InChI=1S/C8H9F3N2O/c9-8(10,11)5-13-4-6(3-12)1-2-7(13)14/h1-2,4H,3,5,12H2. The van der Waals surface area contributed by atoms with Crippen molar-refractivity contribution in [1.82, 2.24) is 4.57 Å². The highest BCUT2D eigenvalue weighted by atomic mass is 19.4. The lowest BCUT2D eigenvalue weighted by Gasteiger charge is -2.09. The lowest BCUT2D eigenvalue weighted by Crippen LogP contribution is -2.27. The first kappa shape index (κ1) is 10.8. The molecule has 0 bridgehead atoms. The highest BCUT2D eigenvalue weighted by Gasteiger charge is 2.28. The van der Waals surface area contributed by atoms with Gasteiger partial charge in [0.25, 0.3) is 5.56 Å². The number of aromatic nitrogens is 1. The quantitative estimate of drug-likeness (QED) is 0.780. The third kappa shape index (κ3) is 2.88. The molecular formula is C8H9F3N2O. The summed E-state index contributed by atoms with van der Waals surface area (Å²) < 4.78 is 36.5. The monoisotopic (exact) mass is 206 g/mol. The molecule has 3 nitrogen and oxygen atoms in total. The Morgan fingerprint density at radius 3 is 2.50 bits per heavy atom. The second kappa shape index (κ2) is 3.83. The summed E-state index contributed by atoms with van der Waals surface area (Å²) in [6.07, 6.45) is -3.27. The minimum absolute atomic E-state index is 0.109. The van der Waals surface area contributed by atoms with Crippen LogP contribution in [0.2, 0.25) is 0 Å². The Kier molecular flexibility index (Phi) is 2.95. The molecule has 0 spiro atoms. The predicted molar refractivity (Wildman–Crippen MR) is 44.6 cm³/mol. The molecule has 1 aromatic heterocycles. The van der Waals surface area contributed by atoms with Gasteiger partial charge in [-0.15, -0.1) is 0 Å². The summed E-state index contributed by atoms with van der Waals surface area (Å²) in [4.78, 5) is 11.0. The number of hydrogen-bond donors (Lipinski definition) is 1. The molecule has 0 fully saturated rings. The van der Waals surface area contributed by atoms with Gasteiger partial charge in [0.05, 0.1) is 0 Å². The SMILES string of the molecule is NCc1ccc(=O)n(CC(F)(F)F)c1. The lowest BCUT2D eigenvalue weighted by molar-refractivity contribution is -0.141. The van der Waals surface area contributed by atoms with Crippen LogP contribution in [-0.2, 0) is 13.1 Å². The number of pyridine rings is 1. The Bertz CT molecular complexity index is 370. The summed E-state index contributed by atoms with van der Waals surface area (Å²) in [5, 5.41) is 0. The van der Waals surface area contributed by atoms with Crippen LogP contribution in [0.5, 0.6) is 0 Å². The molecule has 0 aliphatic rings. The van der Waals surface area contributed by atoms with E-state index in [-0.39, 0.29) is 6.54 Å². The van der Waals surface area contributed by atoms with E-state index in [1.165, 1.54) is 6.07 Å². The third-order valence-electron chi connectivity index (χ3n) is 1.63. The molecule has 14 heavy (non-hydrogen) atoms. The average Bonchev–Trinajstić information content (AvgIpc) is 2.06. The Labute approximate surface area is 78.0 Å². The van der Waals surface area contributed by atoms with Gasteiger partial charge in [-0.2, -0.15) is 13.2 Å². The van der Waals surface area contributed by atoms with Gasteiger partial charge in [-0.25, -0.2) is 0 Å². The van der Waals surface area contributed by atoms with Crippen molar-refractivity contribution in [1.29, 1.82) is 0 Å². The molecule has 78 valence electrons. The maximum Gasteiger partial charge on any atom is 0.406 e. The summed E-state index contributed by atoms with van der Waals surface area (Å²) >= 11 is 0. The van der Waals surface area contributed by atoms with Crippen LogP contribution in [0.25, 0.3) is 0 Å². The zero-order valence-electron chi connectivity index (χ0n) is 7.21. The van der Waals surface area contributed by atoms with Crippen molar-refractivity contribution < 1.29 is 13.2 Å². The average molecular weight is 206 g/mol. The van der Waals surface area contributed by atoms with Crippen molar-refractivity contribution in [2.75, 3.05) is 0 Å². The van der Waals surface area contributed by atoms with Gasteiger partial charge >= 0.3 is 6.18 Å². The summed E-state index contributed by atoms with van der Waals surface area (Å²) in [6.45, 7) is -1.17. The van der Waals surface area contributed by atoms with Crippen LogP contribution in [0.15, 0.2) is 23.1 Å². The predicted octanol–water partition coefficient (Wildman–Crippen LogP) is 0.869. The minimum atomic E-state index is -4.39. The van der Waals surface area contributed by atoms with Crippen LogP contribution in [0.1, 0.15) is 5.56 Å². The van der Waals surface area contributed by atoms with E-state index in [0.717, 1.165) is 12.3 Å². The second-order valence-electron chi connectivity index (χ2n) is 2.82. The maximum absolute atomic E-state index is 12.0. The highest BCUT2D eigenvalue weighted by molar-refractivity contribution is 5.09. The molecule has 0 saturated heterocycles. The van der Waals surface area contributed by atoms with Gasteiger partial charge in [0, 0.05) is 18.8 Å². The zero-order valence-corrected chi connectivity index (χ0v) is 7.21. The fourth-order valence-electron chi connectivity index (χ4n) is 1.02. The Morgan fingerprint density at radius 1 is 1.36 bits per heavy atom. The second-order valence-corrected chi connectivity index (χ2v) is 2.82. The minimum Gasteiger partial charge on any atom is -0.326 e. The van der Waals surface area contributed by atoms with E-state index in [1.807, 2.05) is 0 Å². The van der Waals surface area contributed by atoms with Crippen molar-refractivity contribution >= 4 is 0 Å². The number of nitrogens with zero attached hydrogens (tertiary/aromatic N) is 1. The Balaban J connectivity index is 3.01. The Hall–Kier alpha value is -1.30. The molecule has 0 aromatic carbocycles. The molecular weight excluding hydrogens is 197 g/mol. The van der Waals surface area contributed by atoms with Crippen molar-refractivity contribution in [3.8, 4) is 0 Å². The van der Waals surface area contributed by atoms with Crippen LogP contribution in [0, 0.1) is 0 Å². The first-order valence-electron chi connectivity index (χ1n) is 3.88. The van der Waals surface area contributed by atoms with E-state index < -0.39 is 18.3 Å². The van der Waals surface area contributed by atoms with Gasteiger partial charge in [0.15, 0.2) is 0 Å². The summed E-state index contributed by atoms with van der Waals surface area (Å²) in [6, 6.07) is 2.49. The van der Waals surface area contributed by atoms with E-state index in [4.69, 9.17) is 5.73 Å². The van der Waals surface area contributed by atoms with Crippen molar-refractivity contribution in [2.24, 2.45) is 5.73 Å². The Morgan fingerprint density at radius 2 is 2.00 bits per heavy atom. The highest BCUT2D eigenvalue weighted by Crippen LogP contribution is 2.16. The van der Waals surface area contributed by atoms with Crippen molar-refractivity contribution in [3.63, 3.8) is 0 Å².